The minimum Gasteiger partial charge on any atom is -0.468 e. The van der Waals surface area contributed by atoms with Crippen LogP contribution in [0.25, 0.3) is 0 Å². The fourth-order valence-corrected chi connectivity index (χ4v) is 4.42. The molecule has 0 bridgehead atoms. The van der Waals surface area contributed by atoms with Crippen molar-refractivity contribution >= 4 is 74.7 Å². The lowest BCUT2D eigenvalue weighted by Crippen LogP contribution is -2.39. The summed E-state index contributed by atoms with van der Waals surface area (Å²) in [5, 5.41) is 1.77. The molecule has 3 amide bonds. The Hall–Kier alpha value is -2.63. The van der Waals surface area contributed by atoms with Crippen LogP contribution in [0.1, 0.15) is 30.4 Å². The largest absolute Gasteiger partial charge is 0.468 e. The van der Waals surface area contributed by atoms with Crippen LogP contribution in [-0.4, -0.2) is 40.9 Å². The van der Waals surface area contributed by atoms with Gasteiger partial charge in [0.15, 0.2) is 0 Å². The van der Waals surface area contributed by atoms with Gasteiger partial charge in [0.25, 0.3) is 22.9 Å². The van der Waals surface area contributed by atoms with Crippen LogP contribution in [0.4, 0.5) is 5.69 Å². The first-order chi connectivity index (χ1) is 15.0. The minimum absolute atomic E-state index is 0.0249. The zero-order valence-electron chi connectivity index (χ0n) is 16.0. The number of hydrogen-bond acceptors (Lipinski definition) is 6. The highest BCUT2D eigenvalue weighted by atomic mass is 127. The predicted octanol–water partition coefficient (Wildman–Crippen LogP) is 4.60. The average Bonchev–Trinajstić information content (AvgIpc) is 3.39. The molecule has 4 rings (SSSR count). The molecule has 0 saturated heterocycles. The van der Waals surface area contributed by atoms with E-state index in [9.17, 15) is 14.4 Å². The van der Waals surface area contributed by atoms with E-state index in [1.54, 1.807) is 48.5 Å². The molecule has 9 heteroatoms. The van der Waals surface area contributed by atoms with E-state index in [1.165, 1.54) is 16.2 Å². The second kappa shape index (κ2) is 9.25. The monoisotopic (exact) mass is 562 g/mol. The van der Waals surface area contributed by atoms with Crippen LogP contribution in [0.2, 0.25) is 0 Å². The molecule has 0 spiro atoms. The van der Waals surface area contributed by atoms with Gasteiger partial charge in [0, 0.05) is 3.57 Å². The van der Waals surface area contributed by atoms with Crippen molar-refractivity contribution < 1.29 is 19.1 Å². The summed E-state index contributed by atoms with van der Waals surface area (Å²) in [7, 11) is 0. The smallest absolute Gasteiger partial charge is 0.275 e. The Labute approximate surface area is 201 Å². The fraction of sp³-hybridized carbons (Fsp3) is 0.0909. The number of thiocarbonyl (C=S) groups is 1. The third-order valence-electron chi connectivity index (χ3n) is 4.62. The van der Waals surface area contributed by atoms with Crippen LogP contribution >= 0.6 is 46.1 Å². The number of carbonyl (C=O) groups excluding carboxylic acids is 3. The first-order valence-corrected chi connectivity index (χ1v) is 11.6. The normalized spacial score (nSPS) is 12.6. The third kappa shape index (κ3) is 4.39. The number of imide groups is 1. The molecule has 0 radical (unpaired) electrons. The molecular formula is C22H15IN2O4S2. The van der Waals surface area contributed by atoms with Gasteiger partial charge in [-0.2, -0.15) is 0 Å². The van der Waals surface area contributed by atoms with Gasteiger partial charge in [-0.15, -0.1) is 11.3 Å². The second-order valence-corrected chi connectivity index (χ2v) is 9.06. The molecule has 3 aromatic rings. The van der Waals surface area contributed by atoms with Gasteiger partial charge in [-0.25, -0.2) is 4.90 Å². The Morgan fingerprint density at radius 1 is 1.00 bits per heavy atom. The topological polar surface area (TPSA) is 66.9 Å². The predicted molar refractivity (Wildman–Crippen MR) is 131 cm³/mol. The summed E-state index contributed by atoms with van der Waals surface area (Å²) in [5.74, 6) is -1.03. The van der Waals surface area contributed by atoms with Crippen molar-refractivity contribution in [1.82, 2.24) is 4.90 Å². The molecule has 2 heterocycles. The van der Waals surface area contributed by atoms with Gasteiger partial charge < -0.3 is 4.74 Å². The molecule has 2 aromatic carbocycles. The van der Waals surface area contributed by atoms with Crippen molar-refractivity contribution in [3.63, 3.8) is 0 Å². The lowest BCUT2D eigenvalue weighted by molar-refractivity contribution is 0.0627. The Morgan fingerprint density at radius 2 is 1.65 bits per heavy atom. The highest BCUT2D eigenvalue weighted by molar-refractivity contribution is 14.1. The molecule has 1 aromatic heterocycles. The maximum atomic E-state index is 13.1. The molecule has 0 aliphatic carbocycles. The van der Waals surface area contributed by atoms with Crippen molar-refractivity contribution in [2.75, 3.05) is 18.1 Å². The number of benzene rings is 2. The third-order valence-corrected chi connectivity index (χ3v) is 6.50. The summed E-state index contributed by atoms with van der Waals surface area (Å²) in [6.07, 6.45) is 0. The number of amides is 3. The Morgan fingerprint density at radius 3 is 2.23 bits per heavy atom. The summed E-state index contributed by atoms with van der Waals surface area (Å²) >= 11 is 8.89. The Kier molecular flexibility index (Phi) is 6.44. The van der Waals surface area contributed by atoms with Crippen LogP contribution in [0.3, 0.4) is 0 Å². The molecule has 31 heavy (non-hydrogen) atoms. The van der Waals surface area contributed by atoms with Crippen molar-refractivity contribution in [3.8, 4) is 0 Å². The zero-order chi connectivity index (χ0) is 22.0. The summed E-state index contributed by atoms with van der Waals surface area (Å²) < 4.78 is 6.67. The van der Waals surface area contributed by atoms with Crippen LogP contribution in [0.5, 0.6) is 0 Å². The SMILES string of the molecule is O=C1c2ccccc2C(=O)N1CCOC(=S)N(C(=O)c1cccs1)c1ccc(I)cc1. The standard InChI is InChI=1S/C22H15IN2O4S2/c23-14-7-9-15(10-8-14)25(21(28)18-6-3-13-31-18)22(30)29-12-11-24-19(26)16-4-1-2-5-17(16)20(24)27/h1-10,13H,11-12H2. The lowest BCUT2D eigenvalue weighted by Gasteiger charge is -2.23. The maximum Gasteiger partial charge on any atom is 0.275 e. The van der Waals surface area contributed by atoms with E-state index >= 15 is 0 Å². The number of rotatable bonds is 5. The van der Waals surface area contributed by atoms with E-state index in [0.717, 1.165) is 8.47 Å². The van der Waals surface area contributed by atoms with Gasteiger partial charge in [0.05, 0.1) is 28.2 Å². The molecule has 0 saturated carbocycles. The zero-order valence-corrected chi connectivity index (χ0v) is 19.8. The summed E-state index contributed by atoms with van der Waals surface area (Å²) in [5.41, 5.74) is 1.33. The van der Waals surface area contributed by atoms with Gasteiger partial charge in [-0.3, -0.25) is 19.3 Å². The number of ether oxygens (including phenoxy) is 1. The van der Waals surface area contributed by atoms with Crippen LogP contribution in [-0.2, 0) is 4.74 Å². The highest BCUT2D eigenvalue weighted by Crippen LogP contribution is 2.24. The van der Waals surface area contributed by atoms with E-state index in [-0.39, 0.29) is 36.0 Å². The van der Waals surface area contributed by atoms with Crippen molar-refractivity contribution in [1.29, 1.82) is 0 Å². The number of fused-ring (bicyclic) bond motifs is 1. The first kappa shape index (κ1) is 21.6. The number of carbonyl (C=O) groups is 3. The second-order valence-electron chi connectivity index (χ2n) is 6.52. The summed E-state index contributed by atoms with van der Waals surface area (Å²) in [4.78, 5) is 41.0. The van der Waals surface area contributed by atoms with Gasteiger partial charge in [0.1, 0.15) is 6.61 Å². The lowest BCUT2D eigenvalue weighted by atomic mass is 10.1. The molecule has 0 N–H and O–H groups in total. The van der Waals surface area contributed by atoms with E-state index in [2.05, 4.69) is 22.6 Å². The average molecular weight is 562 g/mol. The Bertz CT molecular complexity index is 1130. The number of halogens is 1. The number of hydrogen-bond donors (Lipinski definition) is 0. The molecule has 0 fully saturated rings. The van der Waals surface area contributed by atoms with Crippen molar-refractivity contribution in [3.05, 3.63) is 85.6 Å². The summed E-state index contributed by atoms with van der Waals surface area (Å²) in [6, 6.07) is 17.5. The minimum atomic E-state index is -0.362. The van der Waals surface area contributed by atoms with Gasteiger partial charge in [0.2, 0.25) is 0 Å². The number of nitrogens with zero attached hydrogens (tertiary/aromatic N) is 2. The molecule has 0 unspecified atom stereocenters. The van der Waals surface area contributed by atoms with Crippen molar-refractivity contribution in [2.45, 2.75) is 0 Å². The van der Waals surface area contributed by atoms with Crippen LogP contribution < -0.4 is 4.90 Å². The molecular weight excluding hydrogens is 547 g/mol. The van der Waals surface area contributed by atoms with Crippen molar-refractivity contribution in [2.24, 2.45) is 0 Å². The van der Waals surface area contributed by atoms with E-state index in [4.69, 9.17) is 17.0 Å². The van der Waals surface area contributed by atoms with E-state index < -0.39 is 0 Å². The molecule has 0 atom stereocenters. The van der Waals surface area contributed by atoms with Gasteiger partial charge in [-0.1, -0.05) is 18.2 Å². The molecule has 1 aliphatic rings. The molecule has 156 valence electrons. The van der Waals surface area contributed by atoms with Gasteiger partial charge in [-0.05, 0) is 82.7 Å². The number of thiophene rings is 1. The van der Waals surface area contributed by atoms with Crippen LogP contribution in [0, 0.1) is 3.57 Å². The number of anilines is 1. The van der Waals surface area contributed by atoms with E-state index in [0.29, 0.717) is 21.7 Å². The fourth-order valence-electron chi connectivity index (χ4n) is 3.14. The Balaban J connectivity index is 1.47. The maximum absolute atomic E-state index is 13.1. The molecule has 1 aliphatic heterocycles. The van der Waals surface area contributed by atoms with E-state index in [1.807, 2.05) is 17.5 Å². The van der Waals surface area contributed by atoms with Crippen LogP contribution in [0.15, 0.2) is 66.0 Å². The molecule has 6 nitrogen and oxygen atoms in total. The quantitative estimate of drug-likeness (QED) is 0.259. The summed E-state index contributed by atoms with van der Waals surface area (Å²) in [6.45, 7) is 0.00307. The first-order valence-electron chi connectivity index (χ1n) is 9.23. The highest BCUT2D eigenvalue weighted by Gasteiger charge is 2.35. The van der Waals surface area contributed by atoms with Gasteiger partial charge >= 0.3 is 0 Å².